The number of pyridine rings is 1. The lowest BCUT2D eigenvalue weighted by atomic mass is 10.1. The molecule has 2 N–H and O–H groups in total. The summed E-state index contributed by atoms with van der Waals surface area (Å²) in [6.45, 7) is 2.86. The summed E-state index contributed by atoms with van der Waals surface area (Å²) in [5.41, 5.74) is 7.08. The van der Waals surface area contributed by atoms with E-state index < -0.39 is 11.9 Å². The molecule has 0 radical (unpaired) electrons. The summed E-state index contributed by atoms with van der Waals surface area (Å²) in [5.74, 6) is -0.372. The van der Waals surface area contributed by atoms with Gasteiger partial charge in [-0.1, -0.05) is 0 Å². The van der Waals surface area contributed by atoms with E-state index in [9.17, 15) is 18.0 Å². The number of halogens is 3. The Morgan fingerprint density at radius 2 is 2.00 bits per heavy atom. The molecule has 10 heteroatoms. The van der Waals surface area contributed by atoms with E-state index in [1.165, 1.54) is 10.9 Å². The molecule has 1 aliphatic rings. The standard InChI is InChI=1S/C13H12F3N3.C6H9N3O/c14-13(15,16)12-7-9(4-5-17-12)11-8-10-3-1-2-6-19(10)18-11;1-5-2-3-9(8-5)4-6(7)10/h4-5,7-8H,1-3,6H2;2-3H,4H2,1H3,(H2,7,10). The lowest BCUT2D eigenvalue weighted by molar-refractivity contribution is -0.141. The number of amides is 1. The van der Waals surface area contributed by atoms with Crippen molar-refractivity contribution in [2.75, 3.05) is 0 Å². The monoisotopic (exact) mass is 406 g/mol. The molecule has 1 amide bonds. The highest BCUT2D eigenvalue weighted by atomic mass is 19.4. The fraction of sp³-hybridized carbons (Fsp3) is 0.368. The number of carbonyl (C=O) groups excluding carboxylic acids is 1. The number of aromatic nitrogens is 5. The Morgan fingerprint density at radius 1 is 1.21 bits per heavy atom. The summed E-state index contributed by atoms with van der Waals surface area (Å²) >= 11 is 0. The Balaban J connectivity index is 0.000000204. The second kappa shape index (κ2) is 8.46. The van der Waals surface area contributed by atoms with Gasteiger partial charge in [-0.3, -0.25) is 19.1 Å². The molecule has 3 aromatic rings. The van der Waals surface area contributed by atoms with Crippen molar-refractivity contribution in [3.05, 3.63) is 53.7 Å². The van der Waals surface area contributed by atoms with Crippen LogP contribution in [0, 0.1) is 6.92 Å². The zero-order valence-corrected chi connectivity index (χ0v) is 15.9. The van der Waals surface area contributed by atoms with Crippen LogP contribution in [0.5, 0.6) is 0 Å². The van der Waals surface area contributed by atoms with Gasteiger partial charge in [0.2, 0.25) is 5.91 Å². The second-order valence-corrected chi connectivity index (χ2v) is 6.75. The van der Waals surface area contributed by atoms with Gasteiger partial charge in [-0.05, 0) is 50.5 Å². The van der Waals surface area contributed by atoms with Crippen LogP contribution in [0.25, 0.3) is 11.3 Å². The van der Waals surface area contributed by atoms with Crippen molar-refractivity contribution in [1.29, 1.82) is 0 Å². The zero-order valence-electron chi connectivity index (χ0n) is 15.9. The van der Waals surface area contributed by atoms with Gasteiger partial charge in [0.05, 0.1) is 11.4 Å². The van der Waals surface area contributed by atoms with Crippen molar-refractivity contribution in [3.8, 4) is 11.3 Å². The third-order valence-corrected chi connectivity index (χ3v) is 4.35. The van der Waals surface area contributed by atoms with Crippen LogP contribution in [0.15, 0.2) is 36.7 Å². The van der Waals surface area contributed by atoms with E-state index in [2.05, 4.69) is 15.2 Å². The van der Waals surface area contributed by atoms with E-state index in [-0.39, 0.29) is 12.5 Å². The third kappa shape index (κ3) is 5.43. The minimum absolute atomic E-state index is 0.161. The fourth-order valence-corrected chi connectivity index (χ4v) is 3.01. The molecule has 4 rings (SSSR count). The number of nitrogens with two attached hydrogens (primary N) is 1. The smallest absolute Gasteiger partial charge is 0.368 e. The van der Waals surface area contributed by atoms with Gasteiger partial charge >= 0.3 is 6.18 Å². The Kier molecular flexibility index (Phi) is 6.00. The topological polar surface area (TPSA) is 91.6 Å². The number of rotatable bonds is 3. The highest BCUT2D eigenvalue weighted by molar-refractivity contribution is 5.73. The minimum atomic E-state index is -4.42. The molecular weight excluding hydrogens is 385 g/mol. The molecule has 0 aliphatic carbocycles. The molecule has 29 heavy (non-hydrogen) atoms. The average Bonchev–Trinajstić information content (AvgIpc) is 3.27. The SMILES string of the molecule is Cc1ccn(CC(N)=O)n1.FC(F)(F)c1cc(-c2cc3n(n2)CCCC3)ccn1. The molecule has 0 spiro atoms. The van der Waals surface area contributed by atoms with E-state index in [0.29, 0.717) is 11.3 Å². The van der Waals surface area contributed by atoms with Crippen molar-refractivity contribution < 1.29 is 18.0 Å². The molecule has 0 saturated carbocycles. The first-order valence-electron chi connectivity index (χ1n) is 9.11. The number of hydrogen-bond donors (Lipinski definition) is 1. The van der Waals surface area contributed by atoms with Gasteiger partial charge in [0.1, 0.15) is 12.2 Å². The number of primary amides is 1. The van der Waals surface area contributed by atoms with Gasteiger partial charge < -0.3 is 5.73 Å². The molecule has 0 unspecified atom stereocenters. The van der Waals surface area contributed by atoms with Gasteiger partial charge in [-0.15, -0.1) is 0 Å². The minimum Gasteiger partial charge on any atom is -0.368 e. The van der Waals surface area contributed by atoms with Gasteiger partial charge in [-0.25, -0.2) is 0 Å². The molecular formula is C19H21F3N6O. The summed E-state index contributed by atoms with van der Waals surface area (Å²) < 4.78 is 41.3. The molecule has 0 atom stereocenters. The van der Waals surface area contributed by atoms with Crippen LogP contribution in [0.3, 0.4) is 0 Å². The second-order valence-electron chi connectivity index (χ2n) is 6.75. The molecule has 4 heterocycles. The van der Waals surface area contributed by atoms with Gasteiger partial charge in [0, 0.05) is 30.2 Å². The third-order valence-electron chi connectivity index (χ3n) is 4.35. The van der Waals surface area contributed by atoms with Crippen LogP contribution in [0.4, 0.5) is 13.2 Å². The van der Waals surface area contributed by atoms with E-state index in [1.54, 1.807) is 12.3 Å². The van der Waals surface area contributed by atoms with Crippen LogP contribution in [0.2, 0.25) is 0 Å². The van der Waals surface area contributed by atoms with Crippen molar-refractivity contribution >= 4 is 5.91 Å². The predicted molar refractivity (Wildman–Crippen MR) is 99.6 cm³/mol. The van der Waals surface area contributed by atoms with E-state index in [1.807, 2.05) is 23.7 Å². The van der Waals surface area contributed by atoms with Crippen LogP contribution in [0.1, 0.15) is 29.9 Å². The molecule has 3 aromatic heterocycles. The highest BCUT2D eigenvalue weighted by Gasteiger charge is 2.32. The van der Waals surface area contributed by atoms with E-state index in [0.717, 1.165) is 43.3 Å². The quantitative estimate of drug-likeness (QED) is 0.724. The summed E-state index contributed by atoms with van der Waals surface area (Å²) in [6.07, 6.45) is 1.59. The number of hydrogen-bond acceptors (Lipinski definition) is 4. The number of fused-ring (bicyclic) bond motifs is 1. The number of alkyl halides is 3. The Morgan fingerprint density at radius 3 is 2.62 bits per heavy atom. The summed E-state index contributed by atoms with van der Waals surface area (Å²) in [6, 6.07) is 6.30. The van der Waals surface area contributed by atoms with Crippen molar-refractivity contribution in [2.45, 2.75) is 45.5 Å². The van der Waals surface area contributed by atoms with E-state index in [4.69, 9.17) is 5.73 Å². The fourth-order valence-electron chi connectivity index (χ4n) is 3.01. The molecule has 7 nitrogen and oxygen atoms in total. The maximum Gasteiger partial charge on any atom is 0.433 e. The Labute approximate surface area is 165 Å². The Bertz CT molecular complexity index is 968. The number of nitrogens with zero attached hydrogens (tertiary/aromatic N) is 5. The van der Waals surface area contributed by atoms with Crippen LogP contribution in [-0.4, -0.2) is 30.5 Å². The number of carbonyl (C=O) groups is 1. The summed E-state index contributed by atoms with van der Waals surface area (Å²) in [5, 5.41) is 8.33. The molecule has 0 saturated heterocycles. The summed E-state index contributed by atoms with van der Waals surface area (Å²) in [7, 11) is 0. The zero-order chi connectivity index (χ0) is 21.0. The Hall–Kier alpha value is -3.17. The van der Waals surface area contributed by atoms with Crippen molar-refractivity contribution in [2.24, 2.45) is 5.73 Å². The first-order valence-corrected chi connectivity index (χ1v) is 9.11. The number of aryl methyl sites for hydroxylation is 3. The van der Waals surface area contributed by atoms with Crippen LogP contribution >= 0.6 is 0 Å². The largest absolute Gasteiger partial charge is 0.433 e. The predicted octanol–water partition coefficient (Wildman–Crippen LogP) is 2.98. The molecule has 1 aliphatic heterocycles. The normalized spacial score (nSPS) is 13.4. The van der Waals surface area contributed by atoms with Gasteiger partial charge in [0.15, 0.2) is 0 Å². The lowest BCUT2D eigenvalue weighted by Gasteiger charge is -2.11. The summed E-state index contributed by atoms with van der Waals surface area (Å²) in [4.78, 5) is 13.7. The van der Waals surface area contributed by atoms with Crippen LogP contribution in [-0.2, 0) is 30.5 Å². The first kappa shape index (κ1) is 20.6. The van der Waals surface area contributed by atoms with Crippen molar-refractivity contribution in [1.82, 2.24) is 24.5 Å². The van der Waals surface area contributed by atoms with E-state index >= 15 is 0 Å². The lowest BCUT2D eigenvalue weighted by Crippen LogP contribution is -2.18. The molecule has 0 fully saturated rings. The van der Waals surface area contributed by atoms with Gasteiger partial charge in [-0.2, -0.15) is 23.4 Å². The van der Waals surface area contributed by atoms with Crippen LogP contribution < -0.4 is 5.73 Å². The highest BCUT2D eigenvalue weighted by Crippen LogP contribution is 2.30. The molecule has 0 aromatic carbocycles. The average molecular weight is 406 g/mol. The molecule has 154 valence electrons. The van der Waals surface area contributed by atoms with Gasteiger partial charge in [0.25, 0.3) is 0 Å². The first-order chi connectivity index (χ1) is 13.7. The van der Waals surface area contributed by atoms with Crippen molar-refractivity contribution in [3.63, 3.8) is 0 Å². The maximum absolute atomic E-state index is 12.6. The molecule has 0 bridgehead atoms. The maximum atomic E-state index is 12.6.